The van der Waals surface area contributed by atoms with Crippen molar-refractivity contribution in [2.24, 2.45) is 20.0 Å². The zero-order chi connectivity index (χ0) is 41.7. The number of hydrogen-bond donors (Lipinski definition) is 4. The van der Waals surface area contributed by atoms with Crippen molar-refractivity contribution in [2.75, 3.05) is 0 Å². The molecule has 9 rings (SSSR count). The van der Waals surface area contributed by atoms with Crippen LogP contribution in [0.2, 0.25) is 0 Å². The molecule has 5 aliphatic rings. The van der Waals surface area contributed by atoms with Crippen LogP contribution in [0.5, 0.6) is 0 Å². The van der Waals surface area contributed by atoms with Crippen LogP contribution in [0.1, 0.15) is 63.7 Å². The van der Waals surface area contributed by atoms with Gasteiger partial charge in [-0.05, 0) is 119 Å². The van der Waals surface area contributed by atoms with Crippen molar-refractivity contribution in [1.82, 2.24) is 0 Å². The van der Waals surface area contributed by atoms with Crippen LogP contribution >= 0.6 is 0 Å². The summed E-state index contributed by atoms with van der Waals surface area (Å²) in [4.78, 5) is 67.8. The van der Waals surface area contributed by atoms with Gasteiger partial charge in [0, 0.05) is 22.3 Å². The second-order valence-corrected chi connectivity index (χ2v) is 13.9. The quantitative estimate of drug-likeness (QED) is 0.136. The highest BCUT2D eigenvalue weighted by Crippen LogP contribution is 2.39. The summed E-state index contributed by atoms with van der Waals surface area (Å²) in [5.41, 5.74) is 9.53. The maximum absolute atomic E-state index is 11.8. The van der Waals surface area contributed by atoms with E-state index in [0.717, 1.165) is 0 Å². The van der Waals surface area contributed by atoms with Crippen LogP contribution in [0.25, 0.3) is 22.3 Å². The Bertz CT molecular complexity index is 2600. The molecule has 0 unspecified atom stereocenters. The summed E-state index contributed by atoms with van der Waals surface area (Å²) in [7, 11) is 0. The van der Waals surface area contributed by atoms with Crippen LogP contribution in [0.4, 0.5) is 0 Å². The predicted octanol–water partition coefficient (Wildman–Crippen LogP) is 8.48. The highest BCUT2D eigenvalue weighted by molar-refractivity contribution is 6.39. The summed E-state index contributed by atoms with van der Waals surface area (Å²) in [6, 6.07) is 25.6. The number of fused-ring (bicyclic) bond motifs is 4. The van der Waals surface area contributed by atoms with Crippen LogP contribution in [0.15, 0.2) is 188 Å². The van der Waals surface area contributed by atoms with Gasteiger partial charge in [0.2, 0.25) is 0 Å². The first-order valence-electron chi connectivity index (χ1n) is 18.4. The molecule has 0 atom stereocenters. The van der Waals surface area contributed by atoms with Crippen LogP contribution in [-0.4, -0.2) is 67.2 Å². The number of carboxylic acid groups (broad SMARTS) is 4. The zero-order valence-electron chi connectivity index (χ0n) is 31.1. The highest BCUT2D eigenvalue weighted by atomic mass is 16.4. The fraction of sp³-hybridized carbons (Fsp3) is 0. The lowest BCUT2D eigenvalue weighted by molar-refractivity contribution is 0.0686. The van der Waals surface area contributed by atoms with Crippen molar-refractivity contribution in [3.05, 3.63) is 213 Å². The molecule has 288 valence electrons. The third-order valence-corrected chi connectivity index (χ3v) is 10.3. The smallest absolute Gasteiger partial charge is 0.335 e. The molecule has 5 aliphatic heterocycles. The molecule has 0 fully saturated rings. The molecular weight excluding hydrogens is 761 g/mol. The largest absolute Gasteiger partial charge is 0.478 e. The van der Waals surface area contributed by atoms with Gasteiger partial charge < -0.3 is 20.4 Å². The van der Waals surface area contributed by atoms with Gasteiger partial charge in [-0.2, -0.15) is 0 Å². The Morgan fingerprint density at radius 2 is 0.467 bits per heavy atom. The second kappa shape index (κ2) is 14.7. The van der Waals surface area contributed by atoms with Crippen molar-refractivity contribution < 1.29 is 39.6 Å². The Kier molecular flexibility index (Phi) is 9.06. The molecule has 0 radical (unpaired) electrons. The molecule has 0 saturated carbocycles. The minimum Gasteiger partial charge on any atom is -0.478 e. The van der Waals surface area contributed by atoms with Crippen LogP contribution in [-0.2, 0) is 0 Å². The molecule has 8 bridgehead atoms. The highest BCUT2D eigenvalue weighted by Gasteiger charge is 2.28. The lowest BCUT2D eigenvalue weighted by Crippen LogP contribution is -2.05. The third kappa shape index (κ3) is 6.69. The second-order valence-electron chi connectivity index (χ2n) is 13.9. The summed E-state index contributed by atoms with van der Waals surface area (Å²) < 4.78 is 0. The number of aromatic carboxylic acids is 4. The number of carboxylic acids is 4. The number of rotatable bonds is 8. The minimum absolute atomic E-state index is 0.103. The van der Waals surface area contributed by atoms with E-state index in [4.69, 9.17) is 20.0 Å². The van der Waals surface area contributed by atoms with Gasteiger partial charge in [-0.25, -0.2) is 39.1 Å². The molecule has 4 aromatic rings. The van der Waals surface area contributed by atoms with Crippen molar-refractivity contribution in [3.8, 4) is 0 Å². The van der Waals surface area contributed by atoms with E-state index in [-0.39, 0.29) is 22.3 Å². The normalized spacial score (nSPS) is 16.4. The van der Waals surface area contributed by atoms with E-state index >= 15 is 0 Å². The first kappa shape index (κ1) is 37.0. The lowest BCUT2D eigenvalue weighted by atomic mass is 9.97. The third-order valence-electron chi connectivity index (χ3n) is 10.3. The molecule has 0 saturated heterocycles. The summed E-state index contributed by atoms with van der Waals surface area (Å²) in [5, 5.41) is 38.7. The van der Waals surface area contributed by atoms with Crippen LogP contribution in [0, 0.1) is 0 Å². The van der Waals surface area contributed by atoms with Crippen molar-refractivity contribution in [1.29, 1.82) is 0 Å². The van der Waals surface area contributed by atoms with Crippen molar-refractivity contribution in [2.45, 2.75) is 0 Å². The number of carbonyl (C=O) groups is 4. The standard InChI is InChI=1S/C48H28N4O8/c53-45(54)29-9-1-25(2-10-29)41-33-17-19-35(49-33)42(26-3-11-30(12-4-26)46(55)56)37-21-23-39(51-37)44(28-7-15-32(16-8-28)48(59)60)40-24-22-38(52-40)43(36-20-18-34(41)50-36)27-5-13-31(14-6-27)47(57)58/h1-24H,(H,53,54)(H,55,56)(H,57,58)(H,59,60). The van der Waals surface area contributed by atoms with E-state index < -0.39 is 23.9 Å². The average Bonchev–Trinajstić information content (AvgIpc) is 4.10. The van der Waals surface area contributed by atoms with Gasteiger partial charge in [0.1, 0.15) is 0 Å². The van der Waals surface area contributed by atoms with E-state index in [1.165, 1.54) is 48.5 Å². The molecule has 0 aromatic heterocycles. The van der Waals surface area contributed by atoms with E-state index in [2.05, 4.69) is 0 Å². The van der Waals surface area contributed by atoms with Gasteiger partial charge in [0.05, 0.1) is 67.9 Å². The average molecular weight is 789 g/mol. The van der Waals surface area contributed by atoms with Gasteiger partial charge in [-0.15, -0.1) is 0 Å². The summed E-state index contributed by atoms with van der Waals surface area (Å²) in [6.07, 6.45) is 14.7. The summed E-state index contributed by atoms with van der Waals surface area (Å²) >= 11 is 0. The van der Waals surface area contributed by atoms with Crippen LogP contribution in [0.3, 0.4) is 0 Å². The molecule has 0 aliphatic carbocycles. The van der Waals surface area contributed by atoms with Gasteiger partial charge in [-0.1, -0.05) is 48.5 Å². The van der Waals surface area contributed by atoms with E-state index in [1.54, 1.807) is 48.5 Å². The maximum Gasteiger partial charge on any atom is 0.335 e. The Labute approximate surface area is 340 Å². The van der Waals surface area contributed by atoms with Gasteiger partial charge in [0.25, 0.3) is 0 Å². The van der Waals surface area contributed by atoms with E-state index in [9.17, 15) is 39.6 Å². The molecule has 60 heavy (non-hydrogen) atoms. The first-order valence-corrected chi connectivity index (χ1v) is 18.4. The predicted molar refractivity (Wildman–Crippen MR) is 228 cm³/mol. The SMILES string of the molecule is O=C(O)c1ccc(C2=C3C=CC(=N3)C(c3ccc(C(=O)O)cc3)=C3C=CC(=N3)C(c3ccc(C(=O)O)cc3)=C3C=CC(=N3)C(c3ccc(C(=O)O)cc3)=C3C=CC2=N3)cc1. The molecule has 0 amide bonds. The topological polar surface area (TPSA) is 199 Å². The number of hydrogen-bond acceptors (Lipinski definition) is 8. The first-order chi connectivity index (χ1) is 29.0. The molecule has 12 nitrogen and oxygen atoms in total. The Morgan fingerprint density at radius 1 is 0.283 bits per heavy atom. The number of benzene rings is 4. The Balaban J connectivity index is 1.34. The molecular formula is C48H28N4O8. The lowest BCUT2D eigenvalue weighted by Gasteiger charge is -2.13. The van der Waals surface area contributed by atoms with Gasteiger partial charge in [0.15, 0.2) is 0 Å². The zero-order valence-corrected chi connectivity index (χ0v) is 31.1. The molecule has 0 spiro atoms. The summed E-state index contributed by atoms with van der Waals surface area (Å²) in [5.74, 6) is -4.30. The Morgan fingerprint density at radius 3 is 0.633 bits per heavy atom. The fourth-order valence-electron chi connectivity index (χ4n) is 7.39. The molecule has 12 heteroatoms. The van der Waals surface area contributed by atoms with E-state index in [1.807, 2.05) is 48.6 Å². The van der Waals surface area contributed by atoms with Crippen molar-refractivity contribution in [3.63, 3.8) is 0 Å². The number of nitrogens with zero attached hydrogens (tertiary/aromatic N) is 4. The van der Waals surface area contributed by atoms with Crippen LogP contribution < -0.4 is 0 Å². The maximum atomic E-state index is 11.8. The van der Waals surface area contributed by atoms with Gasteiger partial charge >= 0.3 is 23.9 Å². The van der Waals surface area contributed by atoms with Gasteiger partial charge in [-0.3, -0.25) is 0 Å². The Hall–Kier alpha value is -8.64. The monoisotopic (exact) mass is 788 g/mol. The number of aliphatic imine (C=N–C) groups is 4. The van der Waals surface area contributed by atoms with Crippen molar-refractivity contribution >= 4 is 69.0 Å². The number of allylic oxidation sites excluding steroid dienone is 12. The molecule has 4 aromatic carbocycles. The van der Waals surface area contributed by atoms with E-state index in [0.29, 0.717) is 90.2 Å². The fourth-order valence-corrected chi connectivity index (χ4v) is 7.39. The summed E-state index contributed by atoms with van der Waals surface area (Å²) in [6.45, 7) is 0. The minimum atomic E-state index is -1.07. The molecule has 5 heterocycles. The molecule has 4 N–H and O–H groups in total.